The van der Waals surface area contributed by atoms with Crippen molar-refractivity contribution < 1.29 is 23.9 Å². The lowest BCUT2D eigenvalue weighted by Crippen LogP contribution is -2.53. The number of esters is 1. The van der Waals surface area contributed by atoms with Crippen LogP contribution in [0.2, 0.25) is 0 Å². The number of nitrogens with one attached hydrogen (secondary N) is 1. The van der Waals surface area contributed by atoms with Crippen LogP contribution in [-0.2, 0) is 19.1 Å². The highest BCUT2D eigenvalue weighted by Gasteiger charge is 2.32. The maximum Gasteiger partial charge on any atom is 0.344 e. The van der Waals surface area contributed by atoms with Crippen LogP contribution >= 0.6 is 28.1 Å². The standard InChI is InChI=1S/C18H17BrN2O5S/c1-3-7-21-17(24)13(16(23)20-18(21)27)9-11-8-12(19)5-6-14(11)26-10-15(22)25-4-2/h3,5-6,8-9H,1,4,7,10H2,2H3,(H,20,23,27). The van der Waals surface area contributed by atoms with E-state index in [1.54, 1.807) is 25.1 Å². The molecule has 1 aliphatic heterocycles. The molecule has 0 unspecified atom stereocenters. The molecule has 2 amide bonds. The zero-order chi connectivity index (χ0) is 20.0. The van der Waals surface area contributed by atoms with Crippen LogP contribution in [-0.4, -0.2) is 47.6 Å². The third-order valence-electron chi connectivity index (χ3n) is 3.42. The van der Waals surface area contributed by atoms with E-state index in [9.17, 15) is 14.4 Å². The highest BCUT2D eigenvalue weighted by Crippen LogP contribution is 2.27. The minimum Gasteiger partial charge on any atom is -0.481 e. The van der Waals surface area contributed by atoms with Crippen molar-refractivity contribution >= 4 is 57.1 Å². The summed E-state index contributed by atoms with van der Waals surface area (Å²) in [5, 5.41) is 2.49. The van der Waals surface area contributed by atoms with E-state index in [0.29, 0.717) is 15.8 Å². The second-order valence-corrected chi connectivity index (χ2v) is 6.60. The molecule has 1 fully saturated rings. The second kappa shape index (κ2) is 9.43. The van der Waals surface area contributed by atoms with Gasteiger partial charge in [-0.15, -0.1) is 6.58 Å². The summed E-state index contributed by atoms with van der Waals surface area (Å²) in [4.78, 5) is 37.6. The predicted molar refractivity (Wildman–Crippen MR) is 107 cm³/mol. The number of hydrogen-bond donors (Lipinski definition) is 1. The number of benzene rings is 1. The van der Waals surface area contributed by atoms with E-state index in [2.05, 4.69) is 27.8 Å². The summed E-state index contributed by atoms with van der Waals surface area (Å²) in [7, 11) is 0. The van der Waals surface area contributed by atoms with Crippen molar-refractivity contribution in [2.75, 3.05) is 19.8 Å². The van der Waals surface area contributed by atoms with E-state index < -0.39 is 17.8 Å². The molecule has 7 nitrogen and oxygen atoms in total. The summed E-state index contributed by atoms with van der Waals surface area (Å²) >= 11 is 8.36. The van der Waals surface area contributed by atoms with E-state index in [0.717, 1.165) is 0 Å². The number of halogens is 1. The Bertz CT molecular complexity index is 837. The molecule has 142 valence electrons. The van der Waals surface area contributed by atoms with E-state index in [1.807, 2.05) is 0 Å². The molecule has 2 rings (SSSR count). The molecule has 9 heteroatoms. The number of amides is 2. The van der Waals surface area contributed by atoms with Gasteiger partial charge in [0.25, 0.3) is 11.8 Å². The van der Waals surface area contributed by atoms with Gasteiger partial charge >= 0.3 is 5.97 Å². The van der Waals surface area contributed by atoms with Gasteiger partial charge in [0, 0.05) is 16.6 Å². The largest absolute Gasteiger partial charge is 0.481 e. The second-order valence-electron chi connectivity index (χ2n) is 5.30. The van der Waals surface area contributed by atoms with E-state index in [1.165, 1.54) is 17.1 Å². The molecular weight excluding hydrogens is 436 g/mol. The smallest absolute Gasteiger partial charge is 0.344 e. The Morgan fingerprint density at radius 1 is 1.41 bits per heavy atom. The highest BCUT2D eigenvalue weighted by atomic mass is 79.9. The van der Waals surface area contributed by atoms with Crippen LogP contribution in [0.5, 0.6) is 5.75 Å². The summed E-state index contributed by atoms with van der Waals surface area (Å²) in [5.41, 5.74) is 0.336. The molecule has 1 N–H and O–H groups in total. The number of carbonyl (C=O) groups excluding carboxylic acids is 3. The fraction of sp³-hybridized carbons (Fsp3) is 0.222. The Hall–Kier alpha value is -2.52. The van der Waals surface area contributed by atoms with Gasteiger partial charge in [0.05, 0.1) is 6.61 Å². The van der Waals surface area contributed by atoms with Crippen molar-refractivity contribution in [2.45, 2.75) is 6.92 Å². The molecule has 0 atom stereocenters. The molecule has 0 radical (unpaired) electrons. The molecule has 27 heavy (non-hydrogen) atoms. The van der Waals surface area contributed by atoms with E-state index >= 15 is 0 Å². The molecule has 0 bridgehead atoms. The molecule has 0 saturated carbocycles. The highest BCUT2D eigenvalue weighted by molar-refractivity contribution is 9.10. The average molecular weight is 453 g/mol. The molecule has 0 aliphatic carbocycles. The van der Waals surface area contributed by atoms with Gasteiger partial charge in [0.15, 0.2) is 11.7 Å². The van der Waals surface area contributed by atoms with Crippen LogP contribution in [0.1, 0.15) is 12.5 Å². The first-order chi connectivity index (χ1) is 12.9. The molecule has 1 heterocycles. The van der Waals surface area contributed by atoms with E-state index in [-0.39, 0.29) is 30.4 Å². The quantitative estimate of drug-likeness (QED) is 0.224. The molecule has 1 aliphatic rings. The number of nitrogens with zero attached hydrogens (tertiary/aromatic N) is 1. The van der Waals surface area contributed by atoms with E-state index in [4.69, 9.17) is 21.7 Å². The van der Waals surface area contributed by atoms with Crippen LogP contribution in [0.4, 0.5) is 0 Å². The van der Waals surface area contributed by atoms with Crippen molar-refractivity contribution in [3.05, 3.63) is 46.5 Å². The predicted octanol–water partition coefficient (Wildman–Crippen LogP) is 2.20. The summed E-state index contributed by atoms with van der Waals surface area (Å²) in [5.74, 6) is -1.35. The van der Waals surface area contributed by atoms with Crippen molar-refractivity contribution in [1.82, 2.24) is 10.2 Å². The molecule has 0 aromatic heterocycles. The van der Waals surface area contributed by atoms with Crippen LogP contribution in [0.3, 0.4) is 0 Å². The Kier molecular flexibility index (Phi) is 7.26. The maximum atomic E-state index is 12.6. The van der Waals surface area contributed by atoms with Crippen LogP contribution < -0.4 is 10.1 Å². The zero-order valence-corrected chi connectivity index (χ0v) is 16.9. The number of carbonyl (C=O) groups is 3. The molecule has 1 aromatic carbocycles. The van der Waals surface area contributed by atoms with Gasteiger partial charge in [-0.2, -0.15) is 0 Å². The van der Waals surface area contributed by atoms with Gasteiger partial charge in [-0.3, -0.25) is 19.8 Å². The summed E-state index contributed by atoms with van der Waals surface area (Å²) in [6, 6.07) is 5.00. The Balaban J connectivity index is 2.35. The third-order valence-corrected chi connectivity index (χ3v) is 4.24. The minimum absolute atomic E-state index is 0.0232. The fourth-order valence-electron chi connectivity index (χ4n) is 2.25. The number of hydrogen-bond acceptors (Lipinski definition) is 6. The average Bonchev–Trinajstić information content (AvgIpc) is 2.61. The number of ether oxygens (including phenoxy) is 2. The fourth-order valence-corrected chi connectivity index (χ4v) is 2.88. The Morgan fingerprint density at radius 3 is 2.81 bits per heavy atom. The van der Waals surface area contributed by atoms with Gasteiger partial charge in [0.1, 0.15) is 11.3 Å². The van der Waals surface area contributed by atoms with Gasteiger partial charge in [-0.25, -0.2) is 4.79 Å². The van der Waals surface area contributed by atoms with Gasteiger partial charge < -0.3 is 9.47 Å². The normalized spacial score (nSPS) is 15.6. The lowest BCUT2D eigenvalue weighted by molar-refractivity contribution is -0.145. The minimum atomic E-state index is -0.610. The zero-order valence-electron chi connectivity index (χ0n) is 14.5. The maximum absolute atomic E-state index is 12.6. The van der Waals surface area contributed by atoms with Crippen LogP contribution in [0.25, 0.3) is 6.08 Å². The topological polar surface area (TPSA) is 84.9 Å². The first-order valence-electron chi connectivity index (χ1n) is 7.95. The van der Waals surface area contributed by atoms with Crippen LogP contribution in [0, 0.1) is 0 Å². The summed E-state index contributed by atoms with van der Waals surface area (Å²) in [6.07, 6.45) is 2.90. The van der Waals surface area contributed by atoms with Gasteiger partial charge in [-0.1, -0.05) is 22.0 Å². The monoisotopic (exact) mass is 452 g/mol. The molecular formula is C18H17BrN2O5S. The summed E-state index contributed by atoms with van der Waals surface area (Å²) in [6.45, 7) is 5.39. The number of rotatable bonds is 7. The first-order valence-corrected chi connectivity index (χ1v) is 9.15. The summed E-state index contributed by atoms with van der Waals surface area (Å²) < 4.78 is 11.0. The lowest BCUT2D eigenvalue weighted by Gasteiger charge is -2.27. The van der Waals surface area contributed by atoms with Crippen LogP contribution in [0.15, 0.2) is 40.9 Å². The SMILES string of the molecule is C=CCN1C(=O)C(=Cc2cc(Br)ccc2OCC(=O)OCC)C(=O)NC1=S. The first kappa shape index (κ1) is 20.8. The molecule has 1 aromatic rings. The van der Waals surface area contributed by atoms with Gasteiger partial charge in [0.2, 0.25) is 0 Å². The molecule has 0 spiro atoms. The Labute approximate surface area is 170 Å². The lowest BCUT2D eigenvalue weighted by atomic mass is 10.1. The van der Waals surface area contributed by atoms with Crippen molar-refractivity contribution in [1.29, 1.82) is 0 Å². The number of thiocarbonyl (C=S) groups is 1. The van der Waals surface area contributed by atoms with Gasteiger partial charge in [-0.05, 0) is 43.4 Å². The molecule has 1 saturated heterocycles. The van der Waals surface area contributed by atoms with Crippen molar-refractivity contribution in [3.8, 4) is 5.75 Å². The Morgan fingerprint density at radius 2 is 2.15 bits per heavy atom. The van der Waals surface area contributed by atoms with Crippen molar-refractivity contribution in [3.63, 3.8) is 0 Å². The van der Waals surface area contributed by atoms with Crippen molar-refractivity contribution in [2.24, 2.45) is 0 Å². The third kappa shape index (κ3) is 5.24.